The number of rotatable bonds is 4. The van der Waals surface area contributed by atoms with Crippen molar-refractivity contribution in [1.82, 2.24) is 4.98 Å². The molecule has 0 aliphatic carbocycles. The third-order valence-electron chi connectivity index (χ3n) is 2.36. The molecular weight excluding hydrogens is 204 g/mol. The Hall–Kier alpha value is -1.81. The van der Waals surface area contributed by atoms with Gasteiger partial charge in [0.1, 0.15) is 12.4 Å². The number of benzene rings is 1. The lowest BCUT2D eigenvalue weighted by atomic mass is 10.1. The van der Waals surface area contributed by atoms with Crippen molar-refractivity contribution in [3.63, 3.8) is 0 Å². The predicted molar refractivity (Wildman–Crippen MR) is 63.5 cm³/mol. The molecule has 0 fully saturated rings. The second kappa shape index (κ2) is 4.81. The zero-order valence-corrected chi connectivity index (χ0v) is 9.14. The van der Waals surface area contributed by atoms with Crippen LogP contribution in [0.4, 0.5) is 5.69 Å². The summed E-state index contributed by atoms with van der Waals surface area (Å²) >= 11 is 0. The maximum Gasteiger partial charge on any atom is 0.128 e. The fraction of sp³-hybridized carbons (Fsp3) is 0.250. The molecule has 84 valence electrons. The van der Waals surface area contributed by atoms with Crippen molar-refractivity contribution in [3.05, 3.63) is 30.6 Å². The molecule has 0 amide bonds. The molecule has 2 aromatic rings. The summed E-state index contributed by atoms with van der Waals surface area (Å²) in [5.74, 6) is 0.786. The minimum atomic E-state index is 0.518. The highest BCUT2D eigenvalue weighted by atomic mass is 16.5. The van der Waals surface area contributed by atoms with Gasteiger partial charge < -0.3 is 15.2 Å². The van der Waals surface area contributed by atoms with Crippen molar-refractivity contribution in [1.29, 1.82) is 0 Å². The standard InChI is InChI=1S/C12H14N2O2/c1-15-6-7-16-12-3-2-11(13)9-4-5-14-8-10(9)12/h2-5,8H,6-7,13H2,1H3. The Labute approximate surface area is 94.0 Å². The topological polar surface area (TPSA) is 57.4 Å². The molecule has 4 heteroatoms. The van der Waals surface area contributed by atoms with Crippen molar-refractivity contribution in [3.8, 4) is 5.75 Å². The molecular formula is C12H14N2O2. The lowest BCUT2D eigenvalue weighted by molar-refractivity contribution is 0.147. The fourth-order valence-electron chi connectivity index (χ4n) is 1.55. The highest BCUT2D eigenvalue weighted by Crippen LogP contribution is 2.28. The van der Waals surface area contributed by atoms with E-state index in [9.17, 15) is 0 Å². The quantitative estimate of drug-likeness (QED) is 0.628. The molecule has 4 nitrogen and oxygen atoms in total. The third-order valence-corrected chi connectivity index (χ3v) is 2.36. The molecule has 16 heavy (non-hydrogen) atoms. The van der Waals surface area contributed by atoms with Crippen LogP contribution in [0.15, 0.2) is 30.6 Å². The number of pyridine rings is 1. The smallest absolute Gasteiger partial charge is 0.128 e. The van der Waals surface area contributed by atoms with Crippen molar-refractivity contribution in [2.45, 2.75) is 0 Å². The monoisotopic (exact) mass is 218 g/mol. The van der Waals surface area contributed by atoms with Crippen LogP contribution in [0.2, 0.25) is 0 Å². The summed E-state index contributed by atoms with van der Waals surface area (Å²) in [5, 5.41) is 1.89. The number of anilines is 1. The first kappa shape index (κ1) is 10.7. The van der Waals surface area contributed by atoms with Crippen LogP contribution in [0.25, 0.3) is 10.8 Å². The van der Waals surface area contributed by atoms with Crippen LogP contribution in [0.3, 0.4) is 0 Å². The number of nitrogens with zero attached hydrogens (tertiary/aromatic N) is 1. The van der Waals surface area contributed by atoms with Crippen LogP contribution in [0.1, 0.15) is 0 Å². The Bertz CT molecular complexity index is 485. The molecule has 0 aliphatic heterocycles. The van der Waals surface area contributed by atoms with Gasteiger partial charge in [-0.2, -0.15) is 0 Å². The summed E-state index contributed by atoms with van der Waals surface area (Å²) in [4.78, 5) is 4.08. The summed E-state index contributed by atoms with van der Waals surface area (Å²) in [7, 11) is 1.64. The van der Waals surface area contributed by atoms with Gasteiger partial charge in [-0.3, -0.25) is 4.98 Å². The molecule has 1 aromatic heterocycles. The van der Waals surface area contributed by atoms with Gasteiger partial charge in [-0.05, 0) is 18.2 Å². The predicted octanol–water partition coefficient (Wildman–Crippen LogP) is 1.84. The van der Waals surface area contributed by atoms with Gasteiger partial charge in [0, 0.05) is 36.0 Å². The highest BCUT2D eigenvalue weighted by Gasteiger charge is 2.04. The van der Waals surface area contributed by atoms with E-state index < -0.39 is 0 Å². The molecule has 1 heterocycles. The summed E-state index contributed by atoms with van der Waals surface area (Å²) < 4.78 is 10.5. The molecule has 2 N–H and O–H groups in total. The first-order valence-electron chi connectivity index (χ1n) is 5.07. The van der Waals surface area contributed by atoms with Crippen LogP contribution in [0, 0.1) is 0 Å². The molecule has 2 rings (SSSR count). The first-order valence-corrected chi connectivity index (χ1v) is 5.07. The molecule has 0 radical (unpaired) electrons. The van der Waals surface area contributed by atoms with E-state index in [1.165, 1.54) is 0 Å². The second-order valence-corrected chi connectivity index (χ2v) is 3.42. The van der Waals surface area contributed by atoms with Crippen LogP contribution in [-0.2, 0) is 4.74 Å². The minimum Gasteiger partial charge on any atom is -0.490 e. The van der Waals surface area contributed by atoms with Gasteiger partial charge in [-0.1, -0.05) is 0 Å². The Morgan fingerprint density at radius 3 is 2.88 bits per heavy atom. The van der Waals surface area contributed by atoms with Crippen LogP contribution in [-0.4, -0.2) is 25.3 Å². The lowest BCUT2D eigenvalue weighted by Gasteiger charge is -2.09. The molecule has 0 saturated carbocycles. The molecule has 0 aliphatic rings. The number of hydrogen-bond acceptors (Lipinski definition) is 4. The number of nitrogen functional groups attached to an aromatic ring is 1. The average Bonchev–Trinajstić information content (AvgIpc) is 2.33. The first-order chi connectivity index (χ1) is 7.83. The molecule has 1 aromatic carbocycles. The van der Waals surface area contributed by atoms with E-state index in [1.54, 1.807) is 19.5 Å². The Morgan fingerprint density at radius 1 is 1.19 bits per heavy atom. The normalized spacial score (nSPS) is 10.6. The van der Waals surface area contributed by atoms with Gasteiger partial charge in [0.05, 0.1) is 6.61 Å². The SMILES string of the molecule is COCCOc1ccc(N)c2ccncc12. The number of ether oxygens (including phenoxy) is 2. The van der Waals surface area contributed by atoms with E-state index in [-0.39, 0.29) is 0 Å². The maximum atomic E-state index is 5.87. The molecule has 0 atom stereocenters. The van der Waals surface area contributed by atoms with Gasteiger partial charge in [-0.25, -0.2) is 0 Å². The molecule has 0 unspecified atom stereocenters. The Kier molecular flexibility index (Phi) is 3.22. The van der Waals surface area contributed by atoms with Crippen LogP contribution in [0.5, 0.6) is 5.75 Å². The van der Waals surface area contributed by atoms with Crippen molar-refractivity contribution in [2.75, 3.05) is 26.1 Å². The van der Waals surface area contributed by atoms with E-state index in [1.807, 2.05) is 18.2 Å². The van der Waals surface area contributed by atoms with Gasteiger partial charge in [-0.15, -0.1) is 0 Å². The number of fused-ring (bicyclic) bond motifs is 1. The van der Waals surface area contributed by atoms with Crippen molar-refractivity contribution < 1.29 is 9.47 Å². The third kappa shape index (κ3) is 2.06. The zero-order chi connectivity index (χ0) is 11.4. The van der Waals surface area contributed by atoms with Gasteiger partial charge >= 0.3 is 0 Å². The summed E-state index contributed by atoms with van der Waals surface area (Å²) in [5.41, 5.74) is 6.60. The van der Waals surface area contributed by atoms with Crippen molar-refractivity contribution in [2.24, 2.45) is 0 Å². The molecule has 0 saturated heterocycles. The van der Waals surface area contributed by atoms with Crippen LogP contribution >= 0.6 is 0 Å². The summed E-state index contributed by atoms with van der Waals surface area (Å²) in [6, 6.07) is 5.58. The molecule has 0 spiro atoms. The van der Waals surface area contributed by atoms with E-state index >= 15 is 0 Å². The number of hydrogen-bond donors (Lipinski definition) is 1. The maximum absolute atomic E-state index is 5.87. The Morgan fingerprint density at radius 2 is 2.06 bits per heavy atom. The van der Waals surface area contributed by atoms with E-state index in [2.05, 4.69) is 4.98 Å². The summed E-state index contributed by atoms with van der Waals surface area (Å²) in [6.07, 6.45) is 3.48. The second-order valence-electron chi connectivity index (χ2n) is 3.42. The highest BCUT2D eigenvalue weighted by molar-refractivity contribution is 5.96. The van der Waals surface area contributed by atoms with E-state index in [4.69, 9.17) is 15.2 Å². The number of methoxy groups -OCH3 is 1. The fourth-order valence-corrected chi connectivity index (χ4v) is 1.55. The largest absolute Gasteiger partial charge is 0.490 e. The van der Waals surface area contributed by atoms with Crippen LogP contribution < -0.4 is 10.5 Å². The average molecular weight is 218 g/mol. The Balaban J connectivity index is 2.35. The lowest BCUT2D eigenvalue weighted by Crippen LogP contribution is -2.04. The molecule has 0 bridgehead atoms. The van der Waals surface area contributed by atoms with Gasteiger partial charge in [0.15, 0.2) is 0 Å². The number of aromatic nitrogens is 1. The minimum absolute atomic E-state index is 0.518. The van der Waals surface area contributed by atoms with Gasteiger partial charge in [0.2, 0.25) is 0 Å². The number of nitrogens with two attached hydrogens (primary N) is 1. The van der Waals surface area contributed by atoms with Gasteiger partial charge in [0.25, 0.3) is 0 Å². The van der Waals surface area contributed by atoms with E-state index in [0.717, 1.165) is 22.2 Å². The van der Waals surface area contributed by atoms with Crippen molar-refractivity contribution >= 4 is 16.5 Å². The summed E-state index contributed by atoms with van der Waals surface area (Å²) in [6.45, 7) is 1.08. The van der Waals surface area contributed by atoms with E-state index in [0.29, 0.717) is 13.2 Å². The zero-order valence-electron chi connectivity index (χ0n) is 9.14.